The monoisotopic (exact) mass is 365 g/mol. The normalized spacial score (nSPS) is 16.0. The van der Waals surface area contributed by atoms with Gasteiger partial charge in [0.15, 0.2) is 6.23 Å². The highest BCUT2D eigenvalue weighted by molar-refractivity contribution is 5.75. The first-order chi connectivity index (χ1) is 12.1. The summed E-state index contributed by atoms with van der Waals surface area (Å²) in [6.07, 6.45) is -0.891. The third-order valence-corrected chi connectivity index (χ3v) is 3.69. The van der Waals surface area contributed by atoms with Gasteiger partial charge in [0.25, 0.3) is 0 Å². The Morgan fingerprint density at radius 2 is 1.62 bits per heavy atom. The second-order valence-corrected chi connectivity index (χ2v) is 7.16. The molecule has 1 aromatic rings. The average Bonchev–Trinajstić information content (AvgIpc) is 2.55. The Hall–Kier alpha value is -2.64. The number of phenolic OH excluding ortho intramolecular Hbond substituents is 1. The van der Waals surface area contributed by atoms with Gasteiger partial charge in [0.2, 0.25) is 0 Å². The first kappa shape index (κ1) is 19.7. The summed E-state index contributed by atoms with van der Waals surface area (Å²) in [6, 6.07) is 6.02. The van der Waals surface area contributed by atoms with Gasteiger partial charge < -0.3 is 29.7 Å². The molecule has 0 aliphatic carbocycles. The molecule has 26 heavy (non-hydrogen) atoms. The number of hydrogen-bond acceptors (Lipinski definition) is 5. The number of piperazine rings is 1. The minimum absolute atomic E-state index is 0.150. The Bertz CT molecular complexity index is 619. The third-order valence-electron chi connectivity index (χ3n) is 3.69. The van der Waals surface area contributed by atoms with E-state index >= 15 is 0 Å². The summed E-state index contributed by atoms with van der Waals surface area (Å²) in [5, 5.41) is 12.0. The van der Waals surface area contributed by atoms with Gasteiger partial charge in [-0.25, -0.2) is 9.59 Å². The zero-order valence-corrected chi connectivity index (χ0v) is 15.7. The molecule has 1 unspecified atom stereocenters. The lowest BCUT2D eigenvalue weighted by molar-refractivity contribution is 0.0165. The number of urea groups is 1. The number of phenols is 1. The molecule has 1 heterocycles. The van der Waals surface area contributed by atoms with Gasteiger partial charge in [-0.3, -0.25) is 0 Å². The Morgan fingerprint density at radius 1 is 1.08 bits per heavy atom. The van der Waals surface area contributed by atoms with E-state index in [2.05, 4.69) is 5.32 Å². The summed E-state index contributed by atoms with van der Waals surface area (Å²) in [4.78, 5) is 27.6. The topological polar surface area (TPSA) is 91.3 Å². The standard InChI is InChI=1S/C18H27N3O5/c1-13(25-15-7-5-14(22)6-8-15)19-16(23)20-9-11-21(12-10-20)17(24)26-18(2,3)4/h5-8,13,22H,9-12H2,1-4H3,(H,19,23). The van der Waals surface area contributed by atoms with Crippen LogP contribution in [0.3, 0.4) is 0 Å². The fourth-order valence-electron chi connectivity index (χ4n) is 2.44. The van der Waals surface area contributed by atoms with E-state index < -0.39 is 11.8 Å². The Labute approximate surface area is 153 Å². The summed E-state index contributed by atoms with van der Waals surface area (Å²) in [5.74, 6) is 0.697. The van der Waals surface area contributed by atoms with E-state index in [1.807, 2.05) is 20.8 Å². The van der Waals surface area contributed by atoms with Crippen molar-refractivity contribution >= 4 is 12.1 Å². The molecule has 144 valence electrons. The van der Waals surface area contributed by atoms with Crippen LogP contribution >= 0.6 is 0 Å². The van der Waals surface area contributed by atoms with Crippen LogP contribution in [0.2, 0.25) is 0 Å². The summed E-state index contributed by atoms with van der Waals surface area (Å²) in [7, 11) is 0. The molecule has 0 radical (unpaired) electrons. The zero-order chi connectivity index (χ0) is 19.3. The molecule has 2 rings (SSSR count). The van der Waals surface area contributed by atoms with Crippen molar-refractivity contribution in [1.29, 1.82) is 0 Å². The van der Waals surface area contributed by atoms with Crippen LogP contribution in [0.15, 0.2) is 24.3 Å². The molecule has 0 spiro atoms. The number of nitrogens with zero attached hydrogens (tertiary/aromatic N) is 2. The quantitative estimate of drug-likeness (QED) is 0.803. The van der Waals surface area contributed by atoms with E-state index in [0.717, 1.165) is 0 Å². The largest absolute Gasteiger partial charge is 0.508 e. The zero-order valence-electron chi connectivity index (χ0n) is 15.7. The molecule has 1 aliphatic rings. The minimum Gasteiger partial charge on any atom is -0.508 e. The number of benzene rings is 1. The van der Waals surface area contributed by atoms with E-state index in [4.69, 9.17) is 9.47 Å². The van der Waals surface area contributed by atoms with Crippen LogP contribution in [0.1, 0.15) is 27.7 Å². The maximum Gasteiger partial charge on any atom is 0.410 e. The maximum absolute atomic E-state index is 12.3. The molecule has 0 bridgehead atoms. The van der Waals surface area contributed by atoms with Gasteiger partial charge in [-0.15, -0.1) is 0 Å². The molecule has 8 nitrogen and oxygen atoms in total. The van der Waals surface area contributed by atoms with E-state index in [9.17, 15) is 14.7 Å². The number of amides is 3. The number of nitrogens with one attached hydrogen (secondary N) is 1. The molecule has 1 aliphatic heterocycles. The molecule has 1 atom stereocenters. The first-order valence-electron chi connectivity index (χ1n) is 8.63. The highest BCUT2D eigenvalue weighted by Gasteiger charge is 2.28. The second kappa shape index (κ2) is 8.16. The van der Waals surface area contributed by atoms with Gasteiger partial charge in [-0.05, 0) is 52.0 Å². The summed E-state index contributed by atoms with van der Waals surface area (Å²) in [6.45, 7) is 8.90. The minimum atomic E-state index is -0.535. The molecule has 1 saturated heterocycles. The highest BCUT2D eigenvalue weighted by Crippen LogP contribution is 2.17. The van der Waals surface area contributed by atoms with Crippen molar-refractivity contribution in [3.05, 3.63) is 24.3 Å². The number of ether oxygens (including phenoxy) is 2. The van der Waals surface area contributed by atoms with Crippen LogP contribution < -0.4 is 10.1 Å². The van der Waals surface area contributed by atoms with E-state index in [-0.39, 0.29) is 17.9 Å². The number of hydrogen-bond donors (Lipinski definition) is 2. The van der Waals surface area contributed by atoms with Crippen LogP contribution in [0.25, 0.3) is 0 Å². The second-order valence-electron chi connectivity index (χ2n) is 7.16. The van der Waals surface area contributed by atoms with Crippen LogP contribution in [-0.4, -0.2) is 65.0 Å². The van der Waals surface area contributed by atoms with E-state index in [0.29, 0.717) is 31.9 Å². The van der Waals surface area contributed by atoms with Gasteiger partial charge >= 0.3 is 12.1 Å². The van der Waals surface area contributed by atoms with Crippen molar-refractivity contribution in [1.82, 2.24) is 15.1 Å². The average molecular weight is 365 g/mol. The molecule has 0 aromatic heterocycles. The van der Waals surface area contributed by atoms with Crippen molar-refractivity contribution in [2.45, 2.75) is 39.5 Å². The third kappa shape index (κ3) is 6.02. The number of rotatable bonds is 3. The smallest absolute Gasteiger partial charge is 0.410 e. The number of aromatic hydroxyl groups is 1. The molecule has 0 saturated carbocycles. The number of carbonyl (C=O) groups is 2. The molecule has 1 aromatic carbocycles. The first-order valence-corrected chi connectivity index (χ1v) is 8.63. The van der Waals surface area contributed by atoms with Gasteiger partial charge in [0.05, 0.1) is 0 Å². The van der Waals surface area contributed by atoms with Crippen LogP contribution in [-0.2, 0) is 4.74 Å². The Balaban J connectivity index is 1.77. The van der Waals surface area contributed by atoms with Crippen LogP contribution in [0.5, 0.6) is 11.5 Å². The Morgan fingerprint density at radius 3 is 2.15 bits per heavy atom. The van der Waals surface area contributed by atoms with Gasteiger partial charge in [0, 0.05) is 26.2 Å². The lowest BCUT2D eigenvalue weighted by atomic mass is 10.2. The maximum atomic E-state index is 12.3. The lowest BCUT2D eigenvalue weighted by Gasteiger charge is -2.36. The van der Waals surface area contributed by atoms with Gasteiger partial charge in [-0.1, -0.05) is 0 Å². The lowest BCUT2D eigenvalue weighted by Crippen LogP contribution is -2.55. The number of carbonyl (C=O) groups excluding carboxylic acids is 2. The van der Waals surface area contributed by atoms with E-state index in [1.165, 1.54) is 12.1 Å². The van der Waals surface area contributed by atoms with E-state index in [1.54, 1.807) is 28.9 Å². The summed E-state index contributed by atoms with van der Waals surface area (Å²) in [5.41, 5.74) is -0.535. The SMILES string of the molecule is CC(NC(=O)N1CCN(C(=O)OC(C)(C)C)CC1)Oc1ccc(O)cc1. The summed E-state index contributed by atoms with van der Waals surface area (Å²) >= 11 is 0. The molecule has 2 N–H and O–H groups in total. The van der Waals surface area contributed by atoms with Crippen molar-refractivity contribution in [3.8, 4) is 11.5 Å². The predicted octanol–water partition coefficient (Wildman–Crippen LogP) is 2.38. The fraction of sp³-hybridized carbons (Fsp3) is 0.556. The molecule has 1 fully saturated rings. The highest BCUT2D eigenvalue weighted by atomic mass is 16.6. The molecular weight excluding hydrogens is 338 g/mol. The van der Waals surface area contributed by atoms with Crippen molar-refractivity contribution in [2.75, 3.05) is 26.2 Å². The van der Waals surface area contributed by atoms with Crippen LogP contribution in [0, 0.1) is 0 Å². The van der Waals surface area contributed by atoms with Gasteiger partial charge in [0.1, 0.15) is 17.1 Å². The predicted molar refractivity (Wildman–Crippen MR) is 96.1 cm³/mol. The van der Waals surface area contributed by atoms with Crippen molar-refractivity contribution in [2.24, 2.45) is 0 Å². The fourth-order valence-corrected chi connectivity index (χ4v) is 2.44. The molecular formula is C18H27N3O5. The van der Waals surface area contributed by atoms with Crippen molar-refractivity contribution in [3.63, 3.8) is 0 Å². The van der Waals surface area contributed by atoms with Gasteiger partial charge in [-0.2, -0.15) is 0 Å². The molecule has 3 amide bonds. The summed E-state index contributed by atoms with van der Waals surface area (Å²) < 4.78 is 10.9. The molecule has 8 heteroatoms. The van der Waals surface area contributed by atoms with Crippen molar-refractivity contribution < 1.29 is 24.2 Å². The Kier molecular flexibility index (Phi) is 6.18. The van der Waals surface area contributed by atoms with Crippen LogP contribution in [0.4, 0.5) is 9.59 Å².